The molecule has 4 rings (SSSR count). The number of sulfonamides is 1. The molecule has 8 nitrogen and oxygen atoms in total. The van der Waals surface area contributed by atoms with E-state index in [2.05, 4.69) is 5.32 Å². The third-order valence-electron chi connectivity index (χ3n) is 5.80. The van der Waals surface area contributed by atoms with Crippen LogP contribution in [0.4, 0.5) is 11.4 Å². The molecule has 11 heteroatoms. The normalized spacial score (nSPS) is 11.3. The van der Waals surface area contributed by atoms with Gasteiger partial charge in [-0.3, -0.25) is 9.10 Å². The highest BCUT2D eigenvalue weighted by molar-refractivity contribution is 7.93. The number of nitrogens with one attached hydrogen (secondary N) is 1. The third-order valence-corrected chi connectivity index (χ3v) is 9.10. The summed E-state index contributed by atoms with van der Waals surface area (Å²) in [5, 5.41) is 3.86. The highest BCUT2D eigenvalue weighted by atomic mass is 35.5. The van der Waals surface area contributed by atoms with Gasteiger partial charge in [0, 0.05) is 15.4 Å². The maximum atomic E-state index is 13.9. The van der Waals surface area contributed by atoms with Gasteiger partial charge >= 0.3 is 5.97 Å². The van der Waals surface area contributed by atoms with Crippen molar-refractivity contribution < 1.29 is 27.5 Å². The number of carbonyl (C=O) groups excluding carboxylic acids is 2. The van der Waals surface area contributed by atoms with Gasteiger partial charge in [-0.05, 0) is 78.9 Å². The summed E-state index contributed by atoms with van der Waals surface area (Å²) in [6, 6.07) is 16.4. The summed E-state index contributed by atoms with van der Waals surface area (Å²) in [7, 11) is -1.55. The number of amides is 1. The highest BCUT2D eigenvalue weighted by Gasteiger charge is 2.30. The second-order valence-corrected chi connectivity index (χ2v) is 11.8. The van der Waals surface area contributed by atoms with Crippen LogP contribution < -0.4 is 14.4 Å². The molecular weight excluding hydrogens is 548 g/mol. The largest absolute Gasteiger partial charge is 0.495 e. The standard InChI is InChI=1S/C27H25ClN2O6S2/c1-16-5-9-22(35-3)25(11-16)38(33,34)30(20-8-6-17(2)21(28)14-20)15-26(31)29-19-7-10-23-18(12-19)13-24(37-23)27(32)36-4/h5-14H,15H2,1-4H3,(H,29,31). The van der Waals surface area contributed by atoms with Gasteiger partial charge in [-0.15, -0.1) is 11.3 Å². The minimum Gasteiger partial charge on any atom is -0.495 e. The predicted molar refractivity (Wildman–Crippen MR) is 150 cm³/mol. The van der Waals surface area contributed by atoms with E-state index in [0.29, 0.717) is 21.2 Å². The zero-order valence-corrected chi connectivity index (χ0v) is 23.5. The van der Waals surface area contributed by atoms with Gasteiger partial charge in [0.15, 0.2) is 0 Å². The van der Waals surface area contributed by atoms with E-state index in [1.807, 2.05) is 0 Å². The van der Waals surface area contributed by atoms with Crippen LogP contribution in [-0.2, 0) is 19.6 Å². The lowest BCUT2D eigenvalue weighted by Gasteiger charge is -2.25. The Kier molecular flexibility index (Phi) is 7.96. The Hall–Kier alpha value is -3.60. The first-order valence-electron chi connectivity index (χ1n) is 11.4. The molecule has 0 bridgehead atoms. The van der Waals surface area contributed by atoms with Gasteiger partial charge in [0.05, 0.1) is 19.9 Å². The number of ether oxygens (including phenoxy) is 2. The number of nitrogens with zero attached hydrogens (tertiary/aromatic N) is 1. The minimum atomic E-state index is -4.24. The van der Waals surface area contributed by atoms with Gasteiger partial charge in [0.25, 0.3) is 10.0 Å². The number of esters is 1. The van der Waals surface area contributed by atoms with E-state index >= 15 is 0 Å². The number of aryl methyl sites for hydroxylation is 2. The molecule has 0 aliphatic heterocycles. The second kappa shape index (κ2) is 11.0. The molecule has 0 saturated heterocycles. The zero-order valence-electron chi connectivity index (χ0n) is 21.1. The second-order valence-electron chi connectivity index (χ2n) is 8.50. The summed E-state index contributed by atoms with van der Waals surface area (Å²) in [5.41, 5.74) is 2.16. The van der Waals surface area contributed by atoms with Crippen molar-refractivity contribution in [2.24, 2.45) is 0 Å². The molecule has 0 spiro atoms. The number of hydrogen-bond acceptors (Lipinski definition) is 7. The number of anilines is 2. The Balaban J connectivity index is 1.69. The fraction of sp³-hybridized carbons (Fsp3) is 0.185. The summed E-state index contributed by atoms with van der Waals surface area (Å²) in [4.78, 5) is 25.4. The monoisotopic (exact) mass is 572 g/mol. The predicted octanol–water partition coefficient (Wildman–Crippen LogP) is 5.80. The van der Waals surface area contributed by atoms with Crippen LogP contribution in [0, 0.1) is 13.8 Å². The molecule has 3 aromatic carbocycles. The van der Waals surface area contributed by atoms with E-state index in [0.717, 1.165) is 20.0 Å². The fourth-order valence-electron chi connectivity index (χ4n) is 3.81. The topological polar surface area (TPSA) is 102 Å². The van der Waals surface area contributed by atoms with Crippen molar-refractivity contribution in [2.45, 2.75) is 18.7 Å². The van der Waals surface area contributed by atoms with Crippen LogP contribution in [0.15, 0.2) is 65.6 Å². The van der Waals surface area contributed by atoms with Crippen LogP contribution in [0.2, 0.25) is 5.02 Å². The van der Waals surface area contributed by atoms with E-state index in [-0.39, 0.29) is 16.3 Å². The van der Waals surface area contributed by atoms with Crippen LogP contribution in [0.1, 0.15) is 20.8 Å². The first-order valence-corrected chi connectivity index (χ1v) is 14.0. The Morgan fingerprint density at radius 3 is 2.45 bits per heavy atom. The van der Waals surface area contributed by atoms with Gasteiger partial charge < -0.3 is 14.8 Å². The minimum absolute atomic E-state index is 0.0699. The molecule has 4 aromatic rings. The smallest absolute Gasteiger partial charge is 0.348 e. The molecule has 0 saturated carbocycles. The molecule has 1 amide bonds. The van der Waals surface area contributed by atoms with Crippen molar-refractivity contribution >= 4 is 66.3 Å². The first kappa shape index (κ1) is 27.4. The zero-order chi connectivity index (χ0) is 27.6. The van der Waals surface area contributed by atoms with Gasteiger partial charge in [-0.25, -0.2) is 13.2 Å². The molecule has 1 heterocycles. The Morgan fingerprint density at radius 1 is 1.00 bits per heavy atom. The van der Waals surface area contributed by atoms with Crippen LogP contribution in [0.5, 0.6) is 5.75 Å². The van der Waals surface area contributed by atoms with Crippen molar-refractivity contribution in [3.8, 4) is 5.75 Å². The summed E-state index contributed by atoms with van der Waals surface area (Å²) < 4.78 is 39.7. The number of thiophene rings is 1. The van der Waals surface area contributed by atoms with Gasteiger partial charge in [-0.2, -0.15) is 0 Å². The van der Waals surface area contributed by atoms with Gasteiger partial charge in [0.2, 0.25) is 5.91 Å². The molecular formula is C27H25ClN2O6S2. The average molecular weight is 573 g/mol. The molecule has 0 radical (unpaired) electrons. The van der Waals surface area contributed by atoms with Crippen molar-refractivity contribution in [1.29, 1.82) is 0 Å². The van der Waals surface area contributed by atoms with E-state index < -0.39 is 28.4 Å². The number of benzene rings is 3. The summed E-state index contributed by atoms with van der Waals surface area (Å²) in [6.45, 7) is 3.05. The molecule has 198 valence electrons. The lowest BCUT2D eigenvalue weighted by atomic mass is 10.2. The number of fused-ring (bicyclic) bond motifs is 1. The molecule has 38 heavy (non-hydrogen) atoms. The van der Waals surface area contributed by atoms with E-state index in [9.17, 15) is 18.0 Å². The third kappa shape index (κ3) is 5.62. The molecule has 1 N–H and O–H groups in total. The van der Waals surface area contributed by atoms with Crippen molar-refractivity contribution in [3.63, 3.8) is 0 Å². The number of methoxy groups -OCH3 is 2. The molecule has 0 aliphatic carbocycles. The van der Waals surface area contributed by atoms with Crippen LogP contribution >= 0.6 is 22.9 Å². The fourth-order valence-corrected chi connectivity index (χ4v) is 6.60. The Labute approximate surface area is 229 Å². The maximum Gasteiger partial charge on any atom is 0.348 e. The average Bonchev–Trinajstić information content (AvgIpc) is 3.32. The van der Waals surface area contributed by atoms with Crippen LogP contribution in [0.3, 0.4) is 0 Å². The highest BCUT2D eigenvalue weighted by Crippen LogP contribution is 2.33. The maximum absolute atomic E-state index is 13.9. The Bertz CT molecular complexity index is 1650. The molecule has 0 atom stereocenters. The summed E-state index contributed by atoms with van der Waals surface area (Å²) >= 11 is 7.59. The Morgan fingerprint density at radius 2 is 1.76 bits per heavy atom. The number of hydrogen-bond donors (Lipinski definition) is 1. The quantitative estimate of drug-likeness (QED) is 0.268. The molecule has 0 aliphatic rings. The summed E-state index contributed by atoms with van der Waals surface area (Å²) in [6.07, 6.45) is 0. The number of halogens is 1. The van der Waals surface area contributed by atoms with Crippen LogP contribution in [0.25, 0.3) is 10.1 Å². The summed E-state index contributed by atoms with van der Waals surface area (Å²) in [5.74, 6) is -0.857. The molecule has 1 aromatic heterocycles. The lowest BCUT2D eigenvalue weighted by molar-refractivity contribution is -0.114. The molecule has 0 fully saturated rings. The number of rotatable bonds is 8. The van der Waals surface area contributed by atoms with Crippen molar-refractivity contribution in [2.75, 3.05) is 30.4 Å². The van der Waals surface area contributed by atoms with E-state index in [1.54, 1.807) is 62.4 Å². The SMILES string of the molecule is COC(=O)c1cc2cc(NC(=O)CN(c3ccc(C)c(Cl)c3)S(=O)(=O)c3cc(C)ccc3OC)ccc2s1. The van der Waals surface area contributed by atoms with E-state index in [1.165, 1.54) is 37.7 Å². The van der Waals surface area contributed by atoms with Crippen molar-refractivity contribution in [1.82, 2.24) is 0 Å². The lowest BCUT2D eigenvalue weighted by Crippen LogP contribution is -2.38. The van der Waals surface area contributed by atoms with Crippen LogP contribution in [-0.4, -0.2) is 41.1 Å². The van der Waals surface area contributed by atoms with Gasteiger partial charge in [0.1, 0.15) is 22.1 Å². The number of carbonyl (C=O) groups is 2. The van der Waals surface area contributed by atoms with E-state index in [4.69, 9.17) is 21.1 Å². The molecule has 0 unspecified atom stereocenters. The van der Waals surface area contributed by atoms with Gasteiger partial charge in [-0.1, -0.05) is 23.7 Å². The van der Waals surface area contributed by atoms with Crippen molar-refractivity contribution in [3.05, 3.63) is 81.7 Å². The first-order chi connectivity index (χ1) is 18.0.